The molecule has 1 atom stereocenters. The SMILES string of the molecule is CC(C)CCn1cccc1CN1CCN2C(=O)NC[C@@H]2C1. The van der Waals surface area contributed by atoms with Crippen molar-refractivity contribution >= 4 is 6.03 Å². The summed E-state index contributed by atoms with van der Waals surface area (Å²) in [7, 11) is 0. The van der Waals surface area contributed by atoms with Crippen molar-refractivity contribution in [3.8, 4) is 0 Å². The van der Waals surface area contributed by atoms with Crippen molar-refractivity contribution < 1.29 is 4.79 Å². The summed E-state index contributed by atoms with van der Waals surface area (Å²) < 4.78 is 2.38. The lowest BCUT2D eigenvalue weighted by atomic mass is 10.1. The number of carbonyl (C=O) groups excluding carboxylic acids is 1. The molecule has 2 fully saturated rings. The van der Waals surface area contributed by atoms with Crippen LogP contribution < -0.4 is 5.32 Å². The average molecular weight is 290 g/mol. The molecule has 0 aromatic carbocycles. The molecule has 1 aromatic rings. The van der Waals surface area contributed by atoms with Crippen LogP contribution in [0.1, 0.15) is 26.0 Å². The number of nitrogens with one attached hydrogen (secondary N) is 1. The van der Waals surface area contributed by atoms with E-state index in [9.17, 15) is 4.79 Å². The number of urea groups is 1. The van der Waals surface area contributed by atoms with Crippen LogP contribution in [-0.4, -0.2) is 52.6 Å². The maximum Gasteiger partial charge on any atom is 0.317 e. The number of fused-ring (bicyclic) bond motifs is 1. The molecule has 3 heterocycles. The molecule has 0 spiro atoms. The molecule has 116 valence electrons. The second-order valence-electron chi connectivity index (χ2n) is 6.64. The average Bonchev–Trinajstić information content (AvgIpc) is 3.04. The number of hydrogen-bond acceptors (Lipinski definition) is 2. The van der Waals surface area contributed by atoms with E-state index in [2.05, 4.69) is 47.0 Å². The Labute approximate surface area is 126 Å². The lowest BCUT2D eigenvalue weighted by Crippen LogP contribution is -2.51. The lowest BCUT2D eigenvalue weighted by molar-refractivity contribution is 0.115. The van der Waals surface area contributed by atoms with Gasteiger partial charge in [-0.15, -0.1) is 0 Å². The van der Waals surface area contributed by atoms with E-state index in [0.29, 0.717) is 6.04 Å². The predicted molar refractivity (Wildman–Crippen MR) is 83.1 cm³/mol. The monoisotopic (exact) mass is 290 g/mol. The van der Waals surface area contributed by atoms with E-state index in [4.69, 9.17) is 0 Å². The molecule has 1 aromatic heterocycles. The number of rotatable bonds is 5. The molecule has 0 saturated carbocycles. The smallest absolute Gasteiger partial charge is 0.317 e. The Morgan fingerprint density at radius 2 is 2.24 bits per heavy atom. The fourth-order valence-electron chi connectivity index (χ4n) is 3.25. The number of aryl methyl sites for hydroxylation is 1. The molecular weight excluding hydrogens is 264 g/mol. The first kappa shape index (κ1) is 14.4. The van der Waals surface area contributed by atoms with Gasteiger partial charge in [0.15, 0.2) is 0 Å². The molecular formula is C16H26N4O. The van der Waals surface area contributed by atoms with Gasteiger partial charge in [0.1, 0.15) is 0 Å². The van der Waals surface area contributed by atoms with E-state index in [0.717, 1.165) is 45.2 Å². The third-order valence-electron chi connectivity index (χ3n) is 4.57. The van der Waals surface area contributed by atoms with Crippen LogP contribution in [0.3, 0.4) is 0 Å². The summed E-state index contributed by atoms with van der Waals surface area (Å²) in [6.45, 7) is 10.2. The van der Waals surface area contributed by atoms with Gasteiger partial charge in [0.2, 0.25) is 0 Å². The first-order valence-corrected chi connectivity index (χ1v) is 8.04. The quantitative estimate of drug-likeness (QED) is 0.897. The van der Waals surface area contributed by atoms with E-state index in [-0.39, 0.29) is 6.03 Å². The highest BCUT2D eigenvalue weighted by Crippen LogP contribution is 2.17. The van der Waals surface area contributed by atoms with Gasteiger partial charge in [-0.05, 0) is 24.5 Å². The topological polar surface area (TPSA) is 40.5 Å². The highest BCUT2D eigenvalue weighted by Gasteiger charge is 2.35. The number of carbonyl (C=O) groups is 1. The van der Waals surface area contributed by atoms with Crippen LogP contribution in [0.4, 0.5) is 4.79 Å². The van der Waals surface area contributed by atoms with Crippen LogP contribution in [0.2, 0.25) is 0 Å². The highest BCUT2D eigenvalue weighted by atomic mass is 16.2. The van der Waals surface area contributed by atoms with Crippen molar-refractivity contribution in [2.24, 2.45) is 5.92 Å². The summed E-state index contributed by atoms with van der Waals surface area (Å²) in [6.07, 6.45) is 3.41. The van der Waals surface area contributed by atoms with E-state index < -0.39 is 0 Å². The zero-order valence-electron chi connectivity index (χ0n) is 13.1. The van der Waals surface area contributed by atoms with Gasteiger partial charge < -0.3 is 14.8 Å². The van der Waals surface area contributed by atoms with Crippen molar-refractivity contribution in [1.29, 1.82) is 0 Å². The van der Waals surface area contributed by atoms with Crippen LogP contribution >= 0.6 is 0 Å². The summed E-state index contributed by atoms with van der Waals surface area (Å²) in [6, 6.07) is 4.84. The Morgan fingerprint density at radius 1 is 1.38 bits per heavy atom. The zero-order chi connectivity index (χ0) is 14.8. The second-order valence-corrected chi connectivity index (χ2v) is 6.64. The summed E-state index contributed by atoms with van der Waals surface area (Å²) >= 11 is 0. The Balaban J connectivity index is 1.57. The molecule has 2 aliphatic rings. The van der Waals surface area contributed by atoms with Crippen molar-refractivity contribution in [2.75, 3.05) is 26.2 Å². The molecule has 0 radical (unpaired) electrons. The Morgan fingerprint density at radius 3 is 3.05 bits per heavy atom. The standard InChI is InChI=1S/C16H26N4O/c1-13(2)5-7-19-6-3-4-14(19)11-18-8-9-20-15(12-18)10-17-16(20)21/h3-4,6,13,15H,5,7-12H2,1-2H3,(H,17,21)/t15-/m1/s1. The van der Waals surface area contributed by atoms with Crippen molar-refractivity contribution in [3.05, 3.63) is 24.0 Å². The van der Waals surface area contributed by atoms with Crippen LogP contribution in [0.15, 0.2) is 18.3 Å². The van der Waals surface area contributed by atoms with Crippen molar-refractivity contribution in [2.45, 2.75) is 39.4 Å². The van der Waals surface area contributed by atoms with E-state index in [1.807, 2.05) is 4.90 Å². The summed E-state index contributed by atoms with van der Waals surface area (Å²) in [5, 5.41) is 2.94. The second kappa shape index (κ2) is 6.10. The van der Waals surface area contributed by atoms with Crippen LogP contribution in [0.25, 0.3) is 0 Å². The molecule has 0 bridgehead atoms. The fourth-order valence-corrected chi connectivity index (χ4v) is 3.25. The van der Waals surface area contributed by atoms with Gasteiger partial charge >= 0.3 is 6.03 Å². The van der Waals surface area contributed by atoms with Gasteiger partial charge in [0, 0.05) is 51.2 Å². The molecule has 2 amide bonds. The van der Waals surface area contributed by atoms with Gasteiger partial charge in [-0.1, -0.05) is 13.8 Å². The first-order chi connectivity index (χ1) is 10.1. The van der Waals surface area contributed by atoms with E-state index in [1.54, 1.807) is 0 Å². The number of aromatic nitrogens is 1. The molecule has 0 aliphatic carbocycles. The molecule has 5 heteroatoms. The zero-order valence-corrected chi connectivity index (χ0v) is 13.1. The van der Waals surface area contributed by atoms with Crippen LogP contribution in [-0.2, 0) is 13.1 Å². The van der Waals surface area contributed by atoms with Gasteiger partial charge in [0.25, 0.3) is 0 Å². The predicted octanol–water partition coefficient (Wildman–Crippen LogP) is 1.74. The lowest BCUT2D eigenvalue weighted by Gasteiger charge is -2.36. The number of piperazine rings is 1. The Bertz CT molecular complexity index is 496. The number of hydrogen-bond donors (Lipinski definition) is 1. The minimum absolute atomic E-state index is 0.111. The summed E-state index contributed by atoms with van der Waals surface area (Å²) in [5.74, 6) is 0.736. The van der Waals surface area contributed by atoms with Crippen molar-refractivity contribution in [1.82, 2.24) is 19.7 Å². The summed E-state index contributed by atoms with van der Waals surface area (Å²) in [4.78, 5) is 16.1. The molecule has 21 heavy (non-hydrogen) atoms. The third kappa shape index (κ3) is 3.23. The highest BCUT2D eigenvalue weighted by molar-refractivity contribution is 5.77. The molecule has 2 saturated heterocycles. The number of amides is 2. The molecule has 2 aliphatic heterocycles. The fraction of sp³-hybridized carbons (Fsp3) is 0.688. The van der Waals surface area contributed by atoms with Gasteiger partial charge in [0.05, 0.1) is 6.04 Å². The largest absolute Gasteiger partial charge is 0.350 e. The van der Waals surface area contributed by atoms with E-state index >= 15 is 0 Å². The Hall–Kier alpha value is -1.49. The molecule has 0 unspecified atom stereocenters. The third-order valence-corrected chi connectivity index (χ3v) is 4.57. The minimum Gasteiger partial charge on any atom is -0.350 e. The molecule has 3 rings (SSSR count). The summed E-state index contributed by atoms with van der Waals surface area (Å²) in [5.41, 5.74) is 1.39. The van der Waals surface area contributed by atoms with Crippen LogP contribution in [0, 0.1) is 5.92 Å². The number of nitrogens with zero attached hydrogens (tertiary/aromatic N) is 3. The molecule has 5 nitrogen and oxygen atoms in total. The van der Waals surface area contributed by atoms with Crippen LogP contribution in [0.5, 0.6) is 0 Å². The Kier molecular flexibility index (Phi) is 4.19. The van der Waals surface area contributed by atoms with E-state index in [1.165, 1.54) is 12.1 Å². The van der Waals surface area contributed by atoms with Gasteiger partial charge in [-0.2, -0.15) is 0 Å². The molecule has 1 N–H and O–H groups in total. The maximum atomic E-state index is 11.6. The normalized spacial score (nSPS) is 22.7. The van der Waals surface area contributed by atoms with Gasteiger partial charge in [-0.3, -0.25) is 4.90 Å². The van der Waals surface area contributed by atoms with Gasteiger partial charge in [-0.25, -0.2) is 4.79 Å². The maximum absolute atomic E-state index is 11.6. The minimum atomic E-state index is 0.111. The van der Waals surface area contributed by atoms with Crippen molar-refractivity contribution in [3.63, 3.8) is 0 Å². The first-order valence-electron chi connectivity index (χ1n) is 8.04.